The number of amides is 1. The first-order chi connectivity index (χ1) is 10.8. The topological polar surface area (TPSA) is 45.2 Å². The second-order valence-corrected chi connectivity index (χ2v) is 7.55. The van der Waals surface area contributed by atoms with Gasteiger partial charge in [-0.05, 0) is 26.3 Å². The number of hydrogen-bond donors (Lipinski definition) is 1. The lowest BCUT2D eigenvalue weighted by Gasteiger charge is -2.29. The van der Waals surface area contributed by atoms with Crippen LogP contribution in [0.5, 0.6) is 0 Å². The van der Waals surface area contributed by atoms with Gasteiger partial charge in [-0.25, -0.2) is 4.98 Å². The van der Waals surface area contributed by atoms with Gasteiger partial charge in [-0.3, -0.25) is 4.79 Å². The Kier molecular flexibility index (Phi) is 4.64. The third-order valence-corrected chi connectivity index (χ3v) is 5.66. The Morgan fingerprint density at radius 3 is 2.91 bits per heavy atom. The van der Waals surface area contributed by atoms with E-state index in [1.165, 1.54) is 11.3 Å². The smallest absolute Gasteiger partial charge is 0.302 e. The van der Waals surface area contributed by atoms with Crippen molar-refractivity contribution >= 4 is 22.4 Å². The molecule has 128 valence electrons. The Balaban J connectivity index is 1.63. The van der Waals surface area contributed by atoms with Crippen molar-refractivity contribution < 1.29 is 18.0 Å². The highest BCUT2D eigenvalue weighted by Crippen LogP contribution is 2.40. The van der Waals surface area contributed by atoms with Gasteiger partial charge in [0.15, 0.2) is 5.13 Å². The fourth-order valence-electron chi connectivity index (χ4n) is 3.31. The average Bonchev–Trinajstić information content (AvgIpc) is 2.87. The SMILES string of the molecule is CN1CCc2nc(NC(=O)[C@H]3CCC[C@H](C(F)(F)F)C3)sc2C1. The van der Waals surface area contributed by atoms with Crippen molar-refractivity contribution in [2.75, 3.05) is 18.9 Å². The van der Waals surface area contributed by atoms with Crippen LogP contribution in [-0.4, -0.2) is 35.6 Å². The van der Waals surface area contributed by atoms with Gasteiger partial charge in [-0.15, -0.1) is 11.3 Å². The fourth-order valence-corrected chi connectivity index (χ4v) is 4.40. The molecule has 1 amide bonds. The molecule has 1 saturated carbocycles. The van der Waals surface area contributed by atoms with E-state index in [0.29, 0.717) is 18.0 Å². The zero-order valence-corrected chi connectivity index (χ0v) is 13.8. The number of carbonyl (C=O) groups excluding carboxylic acids is 1. The molecule has 0 unspecified atom stereocenters. The summed E-state index contributed by atoms with van der Waals surface area (Å²) in [7, 11) is 2.03. The zero-order valence-electron chi connectivity index (χ0n) is 12.9. The van der Waals surface area contributed by atoms with E-state index >= 15 is 0 Å². The highest BCUT2D eigenvalue weighted by Gasteiger charge is 2.43. The summed E-state index contributed by atoms with van der Waals surface area (Å²) in [6, 6.07) is 0. The van der Waals surface area contributed by atoms with Gasteiger partial charge in [0.25, 0.3) is 0 Å². The Hall–Kier alpha value is -1.15. The van der Waals surface area contributed by atoms with Crippen LogP contribution in [0.1, 0.15) is 36.3 Å². The van der Waals surface area contributed by atoms with Gasteiger partial charge in [0.1, 0.15) is 0 Å². The maximum absolute atomic E-state index is 12.8. The Labute approximate surface area is 137 Å². The normalized spacial score (nSPS) is 25.9. The van der Waals surface area contributed by atoms with Gasteiger partial charge in [0.2, 0.25) is 5.91 Å². The first kappa shape index (κ1) is 16.7. The number of likely N-dealkylation sites (N-methyl/N-ethyl adjacent to an activating group) is 1. The predicted octanol–water partition coefficient (Wildman–Crippen LogP) is 3.44. The number of aromatic nitrogens is 1. The van der Waals surface area contributed by atoms with E-state index in [0.717, 1.165) is 30.1 Å². The summed E-state index contributed by atoms with van der Waals surface area (Å²) in [6.07, 6.45) is -2.37. The summed E-state index contributed by atoms with van der Waals surface area (Å²) >= 11 is 1.43. The second-order valence-electron chi connectivity index (χ2n) is 6.47. The second kappa shape index (κ2) is 6.39. The third kappa shape index (κ3) is 3.85. The number of nitrogens with one attached hydrogen (secondary N) is 1. The van der Waals surface area contributed by atoms with Crippen molar-refractivity contribution in [2.24, 2.45) is 11.8 Å². The lowest BCUT2D eigenvalue weighted by molar-refractivity contribution is -0.185. The number of alkyl halides is 3. The molecule has 0 bridgehead atoms. The van der Waals surface area contributed by atoms with Crippen molar-refractivity contribution in [3.8, 4) is 0 Å². The largest absolute Gasteiger partial charge is 0.391 e. The number of nitrogens with zero attached hydrogens (tertiary/aromatic N) is 2. The highest BCUT2D eigenvalue weighted by atomic mass is 32.1. The molecule has 3 rings (SSSR count). The van der Waals surface area contributed by atoms with Crippen LogP contribution in [0.25, 0.3) is 0 Å². The van der Waals surface area contributed by atoms with E-state index in [2.05, 4.69) is 15.2 Å². The molecule has 2 atom stereocenters. The van der Waals surface area contributed by atoms with Gasteiger partial charge in [-0.1, -0.05) is 6.42 Å². The van der Waals surface area contributed by atoms with Gasteiger partial charge in [0, 0.05) is 30.3 Å². The number of carbonyl (C=O) groups is 1. The molecule has 0 radical (unpaired) electrons. The molecule has 2 heterocycles. The van der Waals surface area contributed by atoms with E-state index in [4.69, 9.17) is 0 Å². The lowest BCUT2D eigenvalue weighted by Crippen LogP contribution is -2.34. The maximum Gasteiger partial charge on any atom is 0.391 e. The van der Waals surface area contributed by atoms with E-state index in [1.807, 2.05) is 7.05 Å². The Morgan fingerprint density at radius 1 is 1.39 bits per heavy atom. The van der Waals surface area contributed by atoms with Crippen LogP contribution < -0.4 is 5.32 Å². The Bertz CT molecular complexity index is 587. The monoisotopic (exact) mass is 347 g/mol. The van der Waals surface area contributed by atoms with Crippen molar-refractivity contribution in [1.29, 1.82) is 0 Å². The third-order valence-electron chi connectivity index (χ3n) is 4.66. The Morgan fingerprint density at radius 2 is 2.17 bits per heavy atom. The molecule has 1 aliphatic heterocycles. The molecule has 8 heteroatoms. The summed E-state index contributed by atoms with van der Waals surface area (Å²) in [5.41, 5.74) is 1.00. The van der Waals surface area contributed by atoms with Gasteiger partial charge in [0.05, 0.1) is 11.6 Å². The van der Waals surface area contributed by atoms with Crippen LogP contribution in [0.15, 0.2) is 0 Å². The van der Waals surface area contributed by atoms with Crippen LogP contribution in [0.2, 0.25) is 0 Å². The zero-order chi connectivity index (χ0) is 16.6. The minimum Gasteiger partial charge on any atom is -0.302 e. The minimum absolute atomic E-state index is 0.108. The quantitative estimate of drug-likeness (QED) is 0.891. The first-order valence-corrected chi connectivity index (χ1v) is 8.69. The molecule has 4 nitrogen and oxygen atoms in total. The first-order valence-electron chi connectivity index (χ1n) is 7.87. The molecule has 1 aromatic heterocycles. The van der Waals surface area contributed by atoms with Crippen LogP contribution in [-0.2, 0) is 17.8 Å². The highest BCUT2D eigenvalue weighted by molar-refractivity contribution is 7.15. The summed E-state index contributed by atoms with van der Waals surface area (Å²) in [4.78, 5) is 20.0. The summed E-state index contributed by atoms with van der Waals surface area (Å²) in [6.45, 7) is 1.74. The average molecular weight is 347 g/mol. The molecule has 2 aliphatic rings. The maximum atomic E-state index is 12.8. The minimum atomic E-state index is -4.20. The number of fused-ring (bicyclic) bond motifs is 1. The predicted molar refractivity (Wildman–Crippen MR) is 82.3 cm³/mol. The van der Waals surface area contributed by atoms with Crippen molar-refractivity contribution in [3.63, 3.8) is 0 Å². The number of anilines is 1. The van der Waals surface area contributed by atoms with Crippen LogP contribution in [0, 0.1) is 11.8 Å². The van der Waals surface area contributed by atoms with Gasteiger partial charge in [-0.2, -0.15) is 13.2 Å². The number of thiazole rings is 1. The number of rotatable bonds is 2. The lowest BCUT2D eigenvalue weighted by atomic mass is 9.80. The van der Waals surface area contributed by atoms with E-state index in [-0.39, 0.29) is 18.7 Å². The van der Waals surface area contributed by atoms with Crippen molar-refractivity contribution in [1.82, 2.24) is 9.88 Å². The van der Waals surface area contributed by atoms with Crippen LogP contribution in [0.3, 0.4) is 0 Å². The molecule has 1 N–H and O–H groups in total. The summed E-state index contributed by atoms with van der Waals surface area (Å²) in [5, 5.41) is 3.26. The van der Waals surface area contributed by atoms with Crippen LogP contribution >= 0.6 is 11.3 Å². The standard InChI is InChI=1S/C15H20F3N3OS/c1-21-6-5-11-12(8-21)23-14(19-11)20-13(22)9-3-2-4-10(7-9)15(16,17)18/h9-10H,2-8H2,1H3,(H,19,20,22)/t9-,10-/m0/s1. The molecule has 0 saturated heterocycles. The van der Waals surface area contributed by atoms with Gasteiger partial charge >= 0.3 is 6.18 Å². The van der Waals surface area contributed by atoms with E-state index in [9.17, 15) is 18.0 Å². The van der Waals surface area contributed by atoms with Gasteiger partial charge < -0.3 is 10.2 Å². The summed E-state index contributed by atoms with van der Waals surface area (Å²) in [5.74, 6) is -2.25. The van der Waals surface area contributed by atoms with E-state index in [1.54, 1.807) is 0 Å². The summed E-state index contributed by atoms with van der Waals surface area (Å²) < 4.78 is 38.5. The molecule has 1 aliphatic carbocycles. The molecule has 1 fully saturated rings. The fraction of sp³-hybridized carbons (Fsp3) is 0.733. The molecular formula is C15H20F3N3OS. The van der Waals surface area contributed by atoms with E-state index < -0.39 is 18.0 Å². The molecule has 23 heavy (non-hydrogen) atoms. The molecular weight excluding hydrogens is 327 g/mol. The molecule has 1 aromatic rings. The molecule has 0 spiro atoms. The number of halogens is 3. The van der Waals surface area contributed by atoms with Crippen molar-refractivity contribution in [3.05, 3.63) is 10.6 Å². The van der Waals surface area contributed by atoms with Crippen molar-refractivity contribution in [2.45, 2.75) is 44.8 Å². The molecule has 0 aromatic carbocycles. The number of hydrogen-bond acceptors (Lipinski definition) is 4. The van der Waals surface area contributed by atoms with Crippen LogP contribution in [0.4, 0.5) is 18.3 Å².